The van der Waals surface area contributed by atoms with E-state index in [1.807, 2.05) is 0 Å². The highest BCUT2D eigenvalue weighted by molar-refractivity contribution is 6.34. The molecule has 10 heteroatoms. The molecule has 0 radical (unpaired) electrons. The molecule has 0 saturated heterocycles. The molecular weight excluding hydrogens is 283 g/mol. The van der Waals surface area contributed by atoms with Crippen LogP contribution in [0.2, 0.25) is 10.3 Å². The average Bonchev–Trinajstić information content (AvgIpc) is 2.80. The number of methoxy groups -OCH3 is 1. The van der Waals surface area contributed by atoms with Crippen molar-refractivity contribution in [1.82, 2.24) is 25.4 Å². The number of H-pyrrole nitrogens is 1. The number of carbonyl (C=O) groups is 1. The molecule has 18 heavy (non-hydrogen) atoms. The number of carbonyl (C=O) groups excluding carboxylic acids is 1. The van der Waals surface area contributed by atoms with Gasteiger partial charge in [0.25, 0.3) is 5.91 Å². The van der Waals surface area contributed by atoms with E-state index in [1.54, 1.807) is 0 Å². The first-order valence-electron chi connectivity index (χ1n) is 4.56. The highest BCUT2D eigenvalue weighted by Crippen LogP contribution is 2.16. The number of anilines is 1. The molecule has 1 amide bonds. The SMILES string of the molecule is COc1n[nH]c(NC(=O)c2cc(Cl)nnc2Cl)n1. The van der Waals surface area contributed by atoms with Crippen molar-refractivity contribution in [3.8, 4) is 6.01 Å². The highest BCUT2D eigenvalue weighted by atomic mass is 35.5. The summed E-state index contributed by atoms with van der Waals surface area (Å²) < 4.78 is 4.75. The van der Waals surface area contributed by atoms with Gasteiger partial charge < -0.3 is 4.74 Å². The maximum Gasteiger partial charge on any atom is 0.336 e. The number of amides is 1. The first-order chi connectivity index (χ1) is 8.60. The Kier molecular flexibility index (Phi) is 3.58. The van der Waals surface area contributed by atoms with Crippen molar-refractivity contribution >= 4 is 35.1 Å². The summed E-state index contributed by atoms with van der Waals surface area (Å²) in [5.41, 5.74) is 0.0760. The predicted octanol–water partition coefficient (Wildman–Crippen LogP) is 1.16. The molecule has 0 fully saturated rings. The number of hydrogen-bond donors (Lipinski definition) is 2. The molecule has 0 atom stereocenters. The molecule has 2 rings (SSSR count). The monoisotopic (exact) mass is 288 g/mol. The molecule has 0 aliphatic heterocycles. The summed E-state index contributed by atoms with van der Waals surface area (Å²) in [7, 11) is 1.40. The summed E-state index contributed by atoms with van der Waals surface area (Å²) in [5.74, 6) is -0.434. The fourth-order valence-electron chi connectivity index (χ4n) is 1.08. The van der Waals surface area contributed by atoms with Crippen LogP contribution in [0.15, 0.2) is 6.07 Å². The van der Waals surface area contributed by atoms with Gasteiger partial charge >= 0.3 is 6.01 Å². The molecule has 2 aromatic heterocycles. The van der Waals surface area contributed by atoms with Crippen molar-refractivity contribution in [1.29, 1.82) is 0 Å². The van der Waals surface area contributed by atoms with Gasteiger partial charge in [-0.1, -0.05) is 23.2 Å². The van der Waals surface area contributed by atoms with Crippen LogP contribution in [-0.4, -0.2) is 38.4 Å². The number of aromatic amines is 1. The molecule has 0 aliphatic rings. The van der Waals surface area contributed by atoms with Crippen LogP contribution in [0.1, 0.15) is 10.4 Å². The number of nitrogens with zero attached hydrogens (tertiary/aromatic N) is 4. The van der Waals surface area contributed by atoms with Crippen LogP contribution in [0.4, 0.5) is 5.95 Å². The van der Waals surface area contributed by atoms with Gasteiger partial charge in [0.1, 0.15) is 0 Å². The minimum atomic E-state index is -0.546. The van der Waals surface area contributed by atoms with E-state index >= 15 is 0 Å². The van der Waals surface area contributed by atoms with Gasteiger partial charge in [0, 0.05) is 0 Å². The van der Waals surface area contributed by atoms with Crippen LogP contribution in [0.5, 0.6) is 6.01 Å². The molecule has 2 heterocycles. The van der Waals surface area contributed by atoms with Crippen LogP contribution in [0, 0.1) is 0 Å². The molecule has 0 saturated carbocycles. The Hall–Kier alpha value is -1.93. The minimum absolute atomic E-state index is 0.0553. The van der Waals surface area contributed by atoms with Crippen LogP contribution in [0.3, 0.4) is 0 Å². The Balaban J connectivity index is 2.19. The largest absolute Gasteiger partial charge is 0.466 e. The second-order valence-electron chi connectivity index (χ2n) is 3.00. The lowest BCUT2D eigenvalue weighted by molar-refractivity contribution is 0.102. The predicted molar refractivity (Wildman–Crippen MR) is 62.9 cm³/mol. The number of rotatable bonds is 3. The third-order valence-electron chi connectivity index (χ3n) is 1.84. The first-order valence-corrected chi connectivity index (χ1v) is 5.32. The Morgan fingerprint density at radius 3 is 2.89 bits per heavy atom. The lowest BCUT2D eigenvalue weighted by Gasteiger charge is -2.02. The maximum absolute atomic E-state index is 11.8. The lowest BCUT2D eigenvalue weighted by Crippen LogP contribution is -2.14. The lowest BCUT2D eigenvalue weighted by atomic mass is 10.3. The van der Waals surface area contributed by atoms with Gasteiger partial charge in [-0.25, -0.2) is 5.10 Å². The number of aromatic nitrogens is 5. The number of halogens is 2. The molecular formula is C8H6Cl2N6O2. The Morgan fingerprint density at radius 1 is 1.44 bits per heavy atom. The molecule has 0 aliphatic carbocycles. The Morgan fingerprint density at radius 2 is 2.22 bits per heavy atom. The number of hydrogen-bond acceptors (Lipinski definition) is 6. The molecule has 0 aromatic carbocycles. The van der Waals surface area contributed by atoms with E-state index in [0.717, 1.165) is 0 Å². The molecule has 0 spiro atoms. The second-order valence-corrected chi connectivity index (χ2v) is 3.74. The van der Waals surface area contributed by atoms with Gasteiger partial charge in [0.05, 0.1) is 12.7 Å². The van der Waals surface area contributed by atoms with Gasteiger partial charge in [0.2, 0.25) is 5.95 Å². The standard InChI is InChI=1S/C8H6Cl2N6O2/c1-18-8-12-7(15-16-8)11-6(17)3-2-4(9)13-14-5(3)10/h2H,1H3,(H2,11,12,15,16,17). The van der Waals surface area contributed by atoms with Crippen LogP contribution < -0.4 is 10.1 Å². The summed E-state index contributed by atoms with van der Waals surface area (Å²) in [6.45, 7) is 0. The molecule has 2 N–H and O–H groups in total. The smallest absolute Gasteiger partial charge is 0.336 e. The average molecular weight is 289 g/mol. The second kappa shape index (κ2) is 5.15. The van der Waals surface area contributed by atoms with Crippen molar-refractivity contribution in [2.75, 3.05) is 12.4 Å². The van der Waals surface area contributed by atoms with Gasteiger partial charge in [-0.15, -0.1) is 15.3 Å². The van der Waals surface area contributed by atoms with E-state index < -0.39 is 5.91 Å². The van der Waals surface area contributed by atoms with E-state index in [0.29, 0.717) is 0 Å². The zero-order valence-corrected chi connectivity index (χ0v) is 10.5. The van der Waals surface area contributed by atoms with Crippen molar-refractivity contribution in [2.45, 2.75) is 0 Å². The van der Waals surface area contributed by atoms with Crippen LogP contribution in [0.25, 0.3) is 0 Å². The number of nitrogens with one attached hydrogen (secondary N) is 2. The quantitative estimate of drug-likeness (QED) is 0.878. The maximum atomic E-state index is 11.8. The zero-order chi connectivity index (χ0) is 13.1. The molecule has 0 unspecified atom stereocenters. The van der Waals surface area contributed by atoms with Gasteiger partial charge in [-0.3, -0.25) is 10.1 Å². The van der Waals surface area contributed by atoms with Crippen LogP contribution in [-0.2, 0) is 0 Å². The molecule has 8 nitrogen and oxygen atoms in total. The van der Waals surface area contributed by atoms with Gasteiger partial charge in [-0.2, -0.15) is 4.98 Å². The van der Waals surface area contributed by atoms with Crippen molar-refractivity contribution in [2.24, 2.45) is 0 Å². The third kappa shape index (κ3) is 2.66. The summed E-state index contributed by atoms with van der Waals surface area (Å²) in [6, 6.07) is 1.39. The summed E-state index contributed by atoms with van der Waals surface area (Å²) in [5, 5.41) is 15.5. The Bertz CT molecular complexity index is 587. The fourth-order valence-corrected chi connectivity index (χ4v) is 1.41. The van der Waals surface area contributed by atoms with Crippen LogP contribution >= 0.6 is 23.2 Å². The van der Waals surface area contributed by atoms with Gasteiger partial charge in [0.15, 0.2) is 10.3 Å². The summed E-state index contributed by atoms with van der Waals surface area (Å²) in [4.78, 5) is 15.6. The summed E-state index contributed by atoms with van der Waals surface area (Å²) >= 11 is 11.3. The molecule has 94 valence electrons. The topological polar surface area (TPSA) is 106 Å². The van der Waals surface area contributed by atoms with Crippen molar-refractivity contribution < 1.29 is 9.53 Å². The van der Waals surface area contributed by atoms with E-state index in [2.05, 4.69) is 30.7 Å². The third-order valence-corrected chi connectivity index (χ3v) is 2.31. The van der Waals surface area contributed by atoms with E-state index in [1.165, 1.54) is 13.2 Å². The normalized spacial score (nSPS) is 10.2. The number of ether oxygens (including phenoxy) is 1. The van der Waals surface area contributed by atoms with E-state index in [9.17, 15) is 4.79 Å². The molecule has 2 aromatic rings. The van der Waals surface area contributed by atoms with Crippen molar-refractivity contribution in [3.05, 3.63) is 21.9 Å². The summed E-state index contributed by atoms with van der Waals surface area (Å²) in [6.07, 6.45) is 0. The van der Waals surface area contributed by atoms with Gasteiger partial charge in [-0.05, 0) is 6.07 Å². The first kappa shape index (κ1) is 12.5. The van der Waals surface area contributed by atoms with E-state index in [4.69, 9.17) is 27.9 Å². The minimum Gasteiger partial charge on any atom is -0.466 e. The van der Waals surface area contributed by atoms with Crippen molar-refractivity contribution in [3.63, 3.8) is 0 Å². The Labute approximate surface area is 111 Å². The van der Waals surface area contributed by atoms with E-state index in [-0.39, 0.29) is 27.8 Å². The zero-order valence-electron chi connectivity index (χ0n) is 8.94. The fraction of sp³-hybridized carbons (Fsp3) is 0.125. The molecule has 0 bridgehead atoms. The highest BCUT2D eigenvalue weighted by Gasteiger charge is 2.15.